The van der Waals surface area contributed by atoms with Crippen molar-refractivity contribution in [2.75, 3.05) is 10.6 Å². The third-order valence-electron chi connectivity index (χ3n) is 7.17. The van der Waals surface area contributed by atoms with Gasteiger partial charge in [0.1, 0.15) is 0 Å². The number of halogens is 1. The number of hydrogen-bond donors (Lipinski definition) is 2. The van der Waals surface area contributed by atoms with Gasteiger partial charge in [0.25, 0.3) is 0 Å². The maximum atomic E-state index is 13.7. The molecule has 0 aromatic heterocycles. The number of carbonyl (C=O) groups is 2. The van der Waals surface area contributed by atoms with Gasteiger partial charge in [0.05, 0.1) is 17.4 Å². The molecule has 4 aromatic carbocycles. The van der Waals surface area contributed by atoms with Crippen LogP contribution in [0.1, 0.15) is 51.8 Å². The highest BCUT2D eigenvalue weighted by atomic mass is 35.5. The molecule has 37 heavy (non-hydrogen) atoms. The Labute approximate surface area is 221 Å². The Morgan fingerprint density at radius 3 is 2.16 bits per heavy atom. The van der Waals surface area contributed by atoms with Crippen molar-refractivity contribution in [3.63, 3.8) is 0 Å². The van der Waals surface area contributed by atoms with Gasteiger partial charge in [0.2, 0.25) is 0 Å². The number of ketones is 2. The van der Waals surface area contributed by atoms with E-state index >= 15 is 0 Å². The van der Waals surface area contributed by atoms with Crippen LogP contribution in [0.15, 0.2) is 114 Å². The van der Waals surface area contributed by atoms with E-state index in [4.69, 9.17) is 11.6 Å². The molecular weight excluding hydrogens is 480 g/mol. The van der Waals surface area contributed by atoms with Gasteiger partial charge < -0.3 is 10.6 Å². The van der Waals surface area contributed by atoms with E-state index < -0.39 is 0 Å². The fraction of sp³-hybridized carbons (Fsp3) is 0.125. The molecule has 5 heteroatoms. The average molecular weight is 505 g/mol. The van der Waals surface area contributed by atoms with Crippen molar-refractivity contribution in [1.82, 2.24) is 0 Å². The van der Waals surface area contributed by atoms with Crippen molar-refractivity contribution in [2.24, 2.45) is 0 Å². The van der Waals surface area contributed by atoms with Gasteiger partial charge in [-0.2, -0.15) is 0 Å². The molecule has 2 atom stereocenters. The molecule has 2 aliphatic rings. The van der Waals surface area contributed by atoms with E-state index in [0.29, 0.717) is 29.0 Å². The van der Waals surface area contributed by atoms with Crippen LogP contribution in [0.2, 0.25) is 5.02 Å². The Bertz CT molecular complexity index is 1510. The lowest BCUT2D eigenvalue weighted by Gasteiger charge is -2.30. The highest BCUT2D eigenvalue weighted by Gasteiger charge is 2.36. The first-order chi connectivity index (χ1) is 18.1. The summed E-state index contributed by atoms with van der Waals surface area (Å²) in [6.45, 7) is 0. The smallest absolute Gasteiger partial charge is 0.193 e. The third kappa shape index (κ3) is 4.56. The van der Waals surface area contributed by atoms with Crippen LogP contribution in [0.5, 0.6) is 0 Å². The van der Waals surface area contributed by atoms with Crippen LogP contribution in [-0.2, 0) is 4.79 Å². The molecule has 4 aromatic rings. The predicted molar refractivity (Wildman–Crippen MR) is 148 cm³/mol. The molecule has 0 amide bonds. The molecule has 182 valence electrons. The van der Waals surface area contributed by atoms with Crippen molar-refractivity contribution in [3.8, 4) is 0 Å². The van der Waals surface area contributed by atoms with Gasteiger partial charge in [-0.05, 0) is 53.8 Å². The second-order valence-electron chi connectivity index (χ2n) is 9.54. The fourth-order valence-corrected chi connectivity index (χ4v) is 5.44. The van der Waals surface area contributed by atoms with Gasteiger partial charge in [-0.1, -0.05) is 84.4 Å². The van der Waals surface area contributed by atoms with Gasteiger partial charge in [0, 0.05) is 33.8 Å². The number of hydrogen-bond acceptors (Lipinski definition) is 4. The Balaban J connectivity index is 1.44. The first-order valence-electron chi connectivity index (χ1n) is 12.4. The number of carbonyl (C=O) groups excluding carboxylic acids is 2. The third-order valence-corrected chi connectivity index (χ3v) is 7.43. The molecule has 0 bridgehead atoms. The Morgan fingerprint density at radius 1 is 0.730 bits per heavy atom. The SMILES string of the molecule is O=C1C[C@H](c2ccccc2)CC2=C1[C@@H](c1ccc(Cl)cc1)Nc1ccc(C(=O)c3ccccc3)cc1N2. The zero-order valence-electron chi connectivity index (χ0n) is 20.1. The number of fused-ring (bicyclic) bond motifs is 1. The molecule has 1 aliphatic heterocycles. The summed E-state index contributed by atoms with van der Waals surface area (Å²) in [6.07, 6.45) is 1.15. The van der Waals surface area contributed by atoms with Gasteiger partial charge in [-0.15, -0.1) is 0 Å². The number of benzene rings is 4. The molecule has 2 N–H and O–H groups in total. The average Bonchev–Trinajstić information content (AvgIpc) is 3.10. The summed E-state index contributed by atoms with van der Waals surface area (Å²) in [5.74, 6) is 0.157. The lowest BCUT2D eigenvalue weighted by Crippen LogP contribution is -2.26. The van der Waals surface area contributed by atoms with Gasteiger partial charge in [0.15, 0.2) is 11.6 Å². The summed E-state index contributed by atoms with van der Waals surface area (Å²) in [5, 5.41) is 7.80. The Hall–Kier alpha value is -4.15. The molecule has 0 fully saturated rings. The quantitative estimate of drug-likeness (QED) is 0.282. The number of rotatable bonds is 4. The number of allylic oxidation sites excluding steroid dienone is 1. The first-order valence-corrected chi connectivity index (χ1v) is 12.8. The fourth-order valence-electron chi connectivity index (χ4n) is 5.31. The van der Waals surface area contributed by atoms with Gasteiger partial charge in [-0.25, -0.2) is 0 Å². The lowest BCUT2D eigenvalue weighted by atomic mass is 9.78. The largest absolute Gasteiger partial charge is 0.372 e. The minimum Gasteiger partial charge on any atom is -0.372 e. The van der Waals surface area contributed by atoms with Crippen LogP contribution in [0.3, 0.4) is 0 Å². The van der Waals surface area contributed by atoms with E-state index in [1.54, 1.807) is 0 Å². The molecule has 0 spiro atoms. The van der Waals surface area contributed by atoms with Crippen molar-refractivity contribution in [3.05, 3.63) is 142 Å². The van der Waals surface area contributed by atoms with Crippen LogP contribution in [-0.4, -0.2) is 11.6 Å². The second-order valence-corrected chi connectivity index (χ2v) is 9.98. The molecule has 0 saturated carbocycles. The zero-order valence-corrected chi connectivity index (χ0v) is 20.8. The highest BCUT2D eigenvalue weighted by Crippen LogP contribution is 2.44. The Kier molecular flexibility index (Phi) is 6.11. The minimum atomic E-state index is -0.332. The molecular formula is C32H25ClN2O2. The maximum absolute atomic E-state index is 13.7. The summed E-state index contributed by atoms with van der Waals surface area (Å²) in [5.41, 5.74) is 6.59. The standard InChI is InChI=1S/C32H25ClN2O2/c33-25-14-11-21(12-15-25)31-30-28(18-24(19-29(30)36)20-7-3-1-4-8-20)34-27-17-23(13-16-26(27)35-31)32(37)22-9-5-2-6-10-22/h1-17,24,31,34-35H,18-19H2/t24-,31-/m1/s1. The van der Waals surface area contributed by atoms with Gasteiger partial charge >= 0.3 is 0 Å². The normalized spacial score (nSPS) is 18.7. The maximum Gasteiger partial charge on any atom is 0.193 e. The molecule has 6 rings (SSSR count). The summed E-state index contributed by atoms with van der Waals surface area (Å²) in [4.78, 5) is 26.9. The summed E-state index contributed by atoms with van der Waals surface area (Å²) < 4.78 is 0. The van der Waals surface area contributed by atoms with Crippen molar-refractivity contribution in [2.45, 2.75) is 24.8 Å². The second kappa shape index (κ2) is 9.72. The molecule has 1 aliphatic carbocycles. The summed E-state index contributed by atoms with van der Waals surface area (Å²) >= 11 is 6.17. The highest BCUT2D eigenvalue weighted by molar-refractivity contribution is 6.30. The van der Waals surface area contributed by atoms with Crippen LogP contribution in [0.4, 0.5) is 11.4 Å². The summed E-state index contributed by atoms with van der Waals surface area (Å²) in [7, 11) is 0. The van der Waals surface area contributed by atoms with Crippen LogP contribution in [0, 0.1) is 0 Å². The lowest BCUT2D eigenvalue weighted by molar-refractivity contribution is -0.116. The van der Waals surface area contributed by atoms with Crippen molar-refractivity contribution >= 4 is 34.5 Å². The molecule has 0 unspecified atom stereocenters. The van der Waals surface area contributed by atoms with E-state index in [2.05, 4.69) is 22.8 Å². The first kappa shape index (κ1) is 23.3. The van der Waals surface area contributed by atoms with E-state index in [0.717, 1.165) is 33.8 Å². The summed E-state index contributed by atoms with van der Waals surface area (Å²) in [6, 6.07) is 32.4. The van der Waals surface area contributed by atoms with E-state index in [1.165, 1.54) is 0 Å². The van der Waals surface area contributed by atoms with Crippen LogP contribution < -0.4 is 10.6 Å². The van der Waals surface area contributed by atoms with Crippen LogP contribution >= 0.6 is 11.6 Å². The number of Topliss-reactive ketones (excluding diaryl/α,β-unsaturated/α-hetero) is 1. The molecule has 0 saturated heterocycles. The molecule has 1 heterocycles. The van der Waals surface area contributed by atoms with Gasteiger partial charge in [-0.3, -0.25) is 9.59 Å². The number of nitrogens with one attached hydrogen (secondary N) is 2. The number of anilines is 2. The van der Waals surface area contributed by atoms with Crippen molar-refractivity contribution in [1.29, 1.82) is 0 Å². The zero-order chi connectivity index (χ0) is 25.4. The van der Waals surface area contributed by atoms with E-state index in [1.807, 2.05) is 91.0 Å². The monoisotopic (exact) mass is 504 g/mol. The van der Waals surface area contributed by atoms with Crippen LogP contribution in [0.25, 0.3) is 0 Å². The molecule has 0 radical (unpaired) electrons. The predicted octanol–water partition coefficient (Wildman–Crippen LogP) is 7.55. The van der Waals surface area contributed by atoms with Crippen molar-refractivity contribution < 1.29 is 9.59 Å². The Morgan fingerprint density at radius 2 is 1.43 bits per heavy atom. The van der Waals surface area contributed by atoms with E-state index in [9.17, 15) is 9.59 Å². The minimum absolute atomic E-state index is 0.0419. The molecule has 4 nitrogen and oxygen atoms in total. The van der Waals surface area contributed by atoms with E-state index in [-0.39, 0.29) is 23.5 Å². The topological polar surface area (TPSA) is 58.2 Å².